The SMILES string of the molecule is C[C@H](N[C@H](/C=C/C(=O)N1CCc2ccccc21)CC(C)(C)C)C(N)=O. The summed E-state index contributed by atoms with van der Waals surface area (Å²) < 4.78 is 0. The summed E-state index contributed by atoms with van der Waals surface area (Å²) in [6, 6.07) is 7.45. The predicted molar refractivity (Wildman–Crippen MR) is 101 cm³/mol. The fourth-order valence-electron chi connectivity index (χ4n) is 3.10. The van der Waals surface area contributed by atoms with E-state index in [0.717, 1.165) is 18.5 Å². The Labute approximate surface area is 150 Å². The van der Waals surface area contributed by atoms with Crippen LogP contribution in [-0.2, 0) is 16.0 Å². The smallest absolute Gasteiger partial charge is 0.250 e. The molecule has 2 atom stereocenters. The monoisotopic (exact) mass is 343 g/mol. The topological polar surface area (TPSA) is 75.4 Å². The van der Waals surface area contributed by atoms with Gasteiger partial charge in [-0.1, -0.05) is 45.0 Å². The number of hydrogen-bond acceptors (Lipinski definition) is 3. The van der Waals surface area contributed by atoms with E-state index in [4.69, 9.17) is 5.73 Å². The quantitative estimate of drug-likeness (QED) is 0.779. The molecule has 0 fully saturated rings. The molecule has 0 aliphatic carbocycles. The van der Waals surface area contributed by atoms with Gasteiger partial charge in [0.25, 0.3) is 5.91 Å². The number of nitrogens with two attached hydrogens (primary N) is 1. The Bertz CT molecular complexity index is 661. The molecule has 2 rings (SSSR count). The lowest BCUT2D eigenvalue weighted by atomic mass is 9.87. The zero-order chi connectivity index (χ0) is 18.6. The van der Waals surface area contributed by atoms with Gasteiger partial charge in [0, 0.05) is 24.4 Å². The molecule has 0 radical (unpaired) electrons. The number of nitrogens with one attached hydrogen (secondary N) is 1. The molecule has 0 bridgehead atoms. The molecule has 25 heavy (non-hydrogen) atoms. The third kappa shape index (κ3) is 5.43. The van der Waals surface area contributed by atoms with E-state index in [9.17, 15) is 9.59 Å². The van der Waals surface area contributed by atoms with Crippen molar-refractivity contribution in [1.29, 1.82) is 0 Å². The van der Waals surface area contributed by atoms with Gasteiger partial charge in [-0.05, 0) is 36.8 Å². The van der Waals surface area contributed by atoms with Crippen LogP contribution in [-0.4, -0.2) is 30.4 Å². The zero-order valence-corrected chi connectivity index (χ0v) is 15.6. The maximum Gasteiger partial charge on any atom is 0.250 e. The number of carbonyl (C=O) groups excluding carboxylic acids is 2. The van der Waals surface area contributed by atoms with Crippen LogP contribution in [0.3, 0.4) is 0 Å². The van der Waals surface area contributed by atoms with Crippen molar-refractivity contribution in [2.75, 3.05) is 11.4 Å². The number of amides is 2. The lowest BCUT2D eigenvalue weighted by molar-refractivity contribution is -0.119. The number of carbonyl (C=O) groups is 2. The number of fused-ring (bicyclic) bond motifs is 1. The van der Waals surface area contributed by atoms with Gasteiger partial charge in [-0.25, -0.2) is 0 Å². The third-order valence-corrected chi connectivity index (χ3v) is 4.35. The van der Waals surface area contributed by atoms with Crippen molar-refractivity contribution in [1.82, 2.24) is 5.32 Å². The second kappa shape index (κ2) is 7.83. The number of hydrogen-bond donors (Lipinski definition) is 2. The molecule has 1 heterocycles. The summed E-state index contributed by atoms with van der Waals surface area (Å²) in [7, 11) is 0. The lowest BCUT2D eigenvalue weighted by Gasteiger charge is -2.26. The molecule has 136 valence electrons. The van der Waals surface area contributed by atoms with Crippen molar-refractivity contribution < 1.29 is 9.59 Å². The summed E-state index contributed by atoms with van der Waals surface area (Å²) in [6.07, 6.45) is 5.15. The minimum Gasteiger partial charge on any atom is -0.368 e. The van der Waals surface area contributed by atoms with Gasteiger partial charge in [-0.15, -0.1) is 0 Å². The minimum atomic E-state index is -0.445. The first kappa shape index (κ1) is 19.2. The van der Waals surface area contributed by atoms with Crippen molar-refractivity contribution in [3.05, 3.63) is 42.0 Å². The summed E-state index contributed by atoms with van der Waals surface area (Å²) in [4.78, 5) is 25.8. The van der Waals surface area contributed by atoms with Gasteiger partial charge in [-0.3, -0.25) is 14.9 Å². The van der Waals surface area contributed by atoms with Gasteiger partial charge in [0.2, 0.25) is 5.91 Å². The molecular weight excluding hydrogens is 314 g/mol. The van der Waals surface area contributed by atoms with E-state index < -0.39 is 11.9 Å². The highest BCUT2D eigenvalue weighted by Gasteiger charge is 2.24. The van der Waals surface area contributed by atoms with Crippen molar-refractivity contribution in [3.8, 4) is 0 Å². The van der Waals surface area contributed by atoms with Crippen LogP contribution in [0.5, 0.6) is 0 Å². The van der Waals surface area contributed by atoms with Crippen molar-refractivity contribution in [2.24, 2.45) is 11.1 Å². The molecule has 5 heteroatoms. The normalized spacial score (nSPS) is 16.7. The molecule has 0 aromatic heterocycles. The van der Waals surface area contributed by atoms with Crippen LogP contribution in [0.1, 0.15) is 39.7 Å². The molecule has 1 aromatic carbocycles. The largest absolute Gasteiger partial charge is 0.368 e. The first-order chi connectivity index (χ1) is 11.7. The molecule has 0 saturated heterocycles. The summed E-state index contributed by atoms with van der Waals surface area (Å²) in [5.74, 6) is -0.426. The first-order valence-electron chi connectivity index (χ1n) is 8.80. The third-order valence-electron chi connectivity index (χ3n) is 4.35. The number of benzene rings is 1. The maximum atomic E-state index is 12.6. The van der Waals surface area contributed by atoms with Crippen LogP contribution in [0.25, 0.3) is 0 Å². The van der Waals surface area contributed by atoms with Gasteiger partial charge in [0.1, 0.15) is 0 Å². The second-order valence-corrected chi connectivity index (χ2v) is 7.89. The fraction of sp³-hybridized carbons (Fsp3) is 0.500. The summed E-state index contributed by atoms with van der Waals surface area (Å²) in [5.41, 5.74) is 7.61. The highest BCUT2D eigenvalue weighted by atomic mass is 16.2. The van der Waals surface area contributed by atoms with E-state index in [-0.39, 0.29) is 17.4 Å². The van der Waals surface area contributed by atoms with E-state index >= 15 is 0 Å². The van der Waals surface area contributed by atoms with E-state index in [1.165, 1.54) is 5.56 Å². The number of nitrogens with zero attached hydrogens (tertiary/aromatic N) is 1. The molecular formula is C20H29N3O2. The standard InChI is InChI=1S/C20H29N3O2/c1-14(19(21)25)22-16(13-20(2,3)4)9-10-18(24)23-12-11-15-7-5-6-8-17(15)23/h5-10,14,16,22H,11-13H2,1-4H3,(H2,21,25)/b10-9+/t14-,16+/m0/s1. The number of rotatable bonds is 6. The highest BCUT2D eigenvalue weighted by molar-refractivity contribution is 6.02. The summed E-state index contributed by atoms with van der Waals surface area (Å²) in [6.45, 7) is 8.83. The molecule has 3 N–H and O–H groups in total. The average Bonchev–Trinajstić information content (AvgIpc) is 2.94. The van der Waals surface area contributed by atoms with Crippen molar-refractivity contribution in [2.45, 2.75) is 52.6 Å². The average molecular weight is 343 g/mol. The van der Waals surface area contributed by atoms with Gasteiger partial charge in [0.15, 0.2) is 0 Å². The molecule has 1 aliphatic heterocycles. The van der Waals surface area contributed by atoms with Crippen LogP contribution < -0.4 is 16.0 Å². The first-order valence-corrected chi connectivity index (χ1v) is 8.80. The maximum absolute atomic E-state index is 12.6. The van der Waals surface area contributed by atoms with Gasteiger partial charge in [0.05, 0.1) is 6.04 Å². The molecule has 0 spiro atoms. The van der Waals surface area contributed by atoms with Gasteiger partial charge < -0.3 is 10.6 Å². The number of primary amides is 1. The van der Waals surface area contributed by atoms with Crippen LogP contribution in [0.15, 0.2) is 36.4 Å². The van der Waals surface area contributed by atoms with E-state index in [1.54, 1.807) is 17.9 Å². The number of para-hydroxylation sites is 1. The van der Waals surface area contributed by atoms with Crippen LogP contribution in [0.4, 0.5) is 5.69 Å². The van der Waals surface area contributed by atoms with E-state index in [0.29, 0.717) is 6.54 Å². The Morgan fingerprint density at radius 3 is 2.64 bits per heavy atom. The molecule has 0 saturated carbocycles. The van der Waals surface area contributed by atoms with Gasteiger partial charge >= 0.3 is 0 Å². The predicted octanol–water partition coefficient (Wildman–Crippen LogP) is 2.40. The Kier molecular flexibility index (Phi) is 6.01. The van der Waals surface area contributed by atoms with Gasteiger partial charge in [-0.2, -0.15) is 0 Å². The Morgan fingerprint density at radius 1 is 1.32 bits per heavy atom. The minimum absolute atomic E-state index is 0.0302. The highest BCUT2D eigenvalue weighted by Crippen LogP contribution is 2.27. The second-order valence-electron chi connectivity index (χ2n) is 7.89. The van der Waals surface area contributed by atoms with Crippen LogP contribution in [0.2, 0.25) is 0 Å². The van der Waals surface area contributed by atoms with E-state index in [2.05, 4.69) is 32.2 Å². The fourth-order valence-corrected chi connectivity index (χ4v) is 3.10. The summed E-state index contributed by atoms with van der Waals surface area (Å²) in [5, 5.41) is 3.21. The zero-order valence-electron chi connectivity index (χ0n) is 15.6. The Balaban J connectivity index is 2.09. The molecule has 1 aliphatic rings. The van der Waals surface area contributed by atoms with Crippen molar-refractivity contribution in [3.63, 3.8) is 0 Å². The van der Waals surface area contributed by atoms with Crippen LogP contribution >= 0.6 is 0 Å². The molecule has 1 aromatic rings. The Morgan fingerprint density at radius 2 is 2.00 bits per heavy atom. The van der Waals surface area contributed by atoms with E-state index in [1.807, 2.05) is 24.3 Å². The van der Waals surface area contributed by atoms with Crippen LogP contribution in [0, 0.1) is 5.41 Å². The molecule has 5 nitrogen and oxygen atoms in total. The number of anilines is 1. The lowest BCUT2D eigenvalue weighted by Crippen LogP contribution is -2.45. The molecule has 0 unspecified atom stereocenters. The van der Waals surface area contributed by atoms with Crippen molar-refractivity contribution >= 4 is 17.5 Å². The molecule has 2 amide bonds. The summed E-state index contributed by atoms with van der Waals surface area (Å²) >= 11 is 0. The Hall–Kier alpha value is -2.14.